The highest BCUT2D eigenvalue weighted by Gasteiger charge is 2.21. The number of aromatic nitrogens is 1. The highest BCUT2D eigenvalue weighted by atomic mass is 35.5. The van der Waals surface area contributed by atoms with E-state index in [0.717, 1.165) is 10.6 Å². The van der Waals surface area contributed by atoms with Crippen LogP contribution in [0.4, 0.5) is 17.1 Å². The number of nitrogens with one attached hydrogen (secondary N) is 2. The Labute approximate surface area is 191 Å². The molecule has 32 heavy (non-hydrogen) atoms. The van der Waals surface area contributed by atoms with E-state index in [4.69, 9.17) is 11.6 Å². The van der Waals surface area contributed by atoms with Gasteiger partial charge < -0.3 is 5.32 Å². The molecule has 0 aliphatic rings. The monoisotopic (exact) mass is 494 g/mol. The lowest BCUT2D eigenvalue weighted by Crippen LogP contribution is -2.37. The van der Waals surface area contributed by atoms with Gasteiger partial charge in [-0.3, -0.25) is 18.8 Å². The minimum atomic E-state index is -3.84. The Morgan fingerprint density at radius 3 is 2.19 bits per heavy atom. The number of carbonyl (C=O) groups is 1. The summed E-state index contributed by atoms with van der Waals surface area (Å²) in [5.74, 6) is -0.602. The molecule has 0 unspecified atom stereocenters. The number of anilines is 3. The standard InChI is InChI=1S/C20H19ClN4O5S2/c1-31(27,28)25(18-8-4-15(21)5-9-18)14-20(26)23-16-6-10-19(11-7-16)32(29,30)24-17-3-2-12-22-13-17/h2-13,24H,14H2,1H3,(H,23,26). The number of rotatable bonds is 8. The first-order valence-corrected chi connectivity index (χ1v) is 12.8. The van der Waals surface area contributed by atoms with Gasteiger partial charge >= 0.3 is 0 Å². The Morgan fingerprint density at radius 2 is 1.62 bits per heavy atom. The Kier molecular flexibility index (Phi) is 7.02. The second kappa shape index (κ2) is 9.55. The van der Waals surface area contributed by atoms with Gasteiger partial charge in [0.15, 0.2) is 0 Å². The Morgan fingerprint density at radius 1 is 0.969 bits per heavy atom. The molecule has 0 aliphatic heterocycles. The first-order valence-electron chi connectivity index (χ1n) is 9.11. The van der Waals surface area contributed by atoms with Crippen molar-refractivity contribution in [1.82, 2.24) is 4.98 Å². The van der Waals surface area contributed by atoms with Crippen LogP contribution in [-0.2, 0) is 24.8 Å². The van der Waals surface area contributed by atoms with E-state index in [1.807, 2.05) is 0 Å². The highest BCUT2D eigenvalue weighted by molar-refractivity contribution is 7.92. The fourth-order valence-corrected chi connectivity index (χ4v) is 4.72. The van der Waals surface area contributed by atoms with Crippen molar-refractivity contribution in [3.63, 3.8) is 0 Å². The molecule has 0 bridgehead atoms. The number of sulfonamides is 2. The van der Waals surface area contributed by atoms with Gasteiger partial charge in [-0.15, -0.1) is 0 Å². The van der Waals surface area contributed by atoms with Gasteiger partial charge in [0, 0.05) is 16.9 Å². The fraction of sp³-hybridized carbons (Fsp3) is 0.100. The van der Waals surface area contributed by atoms with Crippen LogP contribution in [0.3, 0.4) is 0 Å². The molecule has 3 rings (SSSR count). The van der Waals surface area contributed by atoms with Gasteiger partial charge in [-0.1, -0.05) is 11.6 Å². The highest BCUT2D eigenvalue weighted by Crippen LogP contribution is 2.21. The molecule has 0 atom stereocenters. The number of halogens is 1. The topological polar surface area (TPSA) is 126 Å². The summed E-state index contributed by atoms with van der Waals surface area (Å²) in [6, 6.07) is 14.6. The van der Waals surface area contributed by atoms with Crippen molar-refractivity contribution in [2.45, 2.75) is 4.90 Å². The van der Waals surface area contributed by atoms with Crippen molar-refractivity contribution in [3.05, 3.63) is 78.1 Å². The molecule has 0 saturated heterocycles. The Bertz CT molecular complexity index is 1300. The number of nitrogens with zero attached hydrogens (tertiary/aromatic N) is 2. The third-order valence-corrected chi connectivity index (χ3v) is 6.95. The zero-order valence-corrected chi connectivity index (χ0v) is 19.2. The SMILES string of the molecule is CS(=O)(=O)N(CC(=O)Nc1ccc(S(=O)(=O)Nc2cccnc2)cc1)c1ccc(Cl)cc1. The molecule has 1 aromatic heterocycles. The van der Waals surface area contributed by atoms with Crippen molar-refractivity contribution in [1.29, 1.82) is 0 Å². The summed E-state index contributed by atoms with van der Waals surface area (Å²) in [7, 11) is -7.57. The molecule has 2 aromatic carbocycles. The lowest BCUT2D eigenvalue weighted by molar-refractivity contribution is -0.114. The van der Waals surface area contributed by atoms with Crippen LogP contribution in [0.15, 0.2) is 78.0 Å². The van der Waals surface area contributed by atoms with Crippen molar-refractivity contribution in [2.24, 2.45) is 0 Å². The van der Waals surface area contributed by atoms with Crippen molar-refractivity contribution < 1.29 is 21.6 Å². The maximum absolute atomic E-state index is 12.5. The first kappa shape index (κ1) is 23.5. The molecule has 2 N–H and O–H groups in total. The number of benzene rings is 2. The van der Waals surface area contributed by atoms with Crippen LogP contribution >= 0.6 is 11.6 Å². The molecule has 0 radical (unpaired) electrons. The molecule has 0 fully saturated rings. The van der Waals surface area contributed by atoms with Gasteiger partial charge in [0.2, 0.25) is 15.9 Å². The molecule has 9 nitrogen and oxygen atoms in total. The molecule has 1 heterocycles. The number of pyridine rings is 1. The zero-order chi connectivity index (χ0) is 23.4. The lowest BCUT2D eigenvalue weighted by Gasteiger charge is -2.22. The molecule has 1 amide bonds. The van der Waals surface area contributed by atoms with Gasteiger partial charge in [-0.05, 0) is 60.7 Å². The summed E-state index contributed by atoms with van der Waals surface area (Å²) in [6.45, 7) is -0.469. The van der Waals surface area contributed by atoms with Crippen LogP contribution in [0.1, 0.15) is 0 Å². The summed E-state index contributed by atoms with van der Waals surface area (Å²) in [6.07, 6.45) is 3.89. The molecule has 3 aromatic rings. The molecular weight excluding hydrogens is 476 g/mol. The molecule has 168 valence electrons. The average molecular weight is 495 g/mol. The van der Waals surface area contributed by atoms with E-state index >= 15 is 0 Å². The van der Waals surface area contributed by atoms with Crippen LogP contribution < -0.4 is 14.3 Å². The normalized spacial score (nSPS) is 11.6. The third kappa shape index (κ3) is 6.19. The van der Waals surface area contributed by atoms with E-state index in [1.54, 1.807) is 12.1 Å². The summed E-state index contributed by atoms with van der Waals surface area (Å²) in [5.41, 5.74) is 0.905. The summed E-state index contributed by atoms with van der Waals surface area (Å²) >= 11 is 5.84. The predicted octanol–water partition coefficient (Wildman–Crippen LogP) is 2.94. The second-order valence-corrected chi connectivity index (χ2v) is 10.7. The fourth-order valence-electron chi connectivity index (χ4n) is 2.69. The van der Waals surface area contributed by atoms with Gasteiger partial charge in [-0.2, -0.15) is 0 Å². The van der Waals surface area contributed by atoms with Crippen molar-refractivity contribution in [2.75, 3.05) is 27.1 Å². The van der Waals surface area contributed by atoms with Crippen molar-refractivity contribution >= 4 is 54.6 Å². The molecule has 0 aliphatic carbocycles. The summed E-state index contributed by atoms with van der Waals surface area (Å²) < 4.78 is 52.6. The quantitative estimate of drug-likeness (QED) is 0.496. The Hall–Kier alpha value is -3.15. The van der Waals surface area contributed by atoms with E-state index in [0.29, 0.717) is 16.4 Å². The number of hydrogen-bond acceptors (Lipinski definition) is 6. The average Bonchev–Trinajstić information content (AvgIpc) is 2.73. The molecule has 0 spiro atoms. The summed E-state index contributed by atoms with van der Waals surface area (Å²) in [5, 5.41) is 2.99. The minimum Gasteiger partial charge on any atom is -0.325 e. The molecule has 12 heteroatoms. The van der Waals surface area contributed by atoms with Crippen LogP contribution in [0.2, 0.25) is 5.02 Å². The maximum atomic E-state index is 12.5. The largest absolute Gasteiger partial charge is 0.325 e. The van der Waals surface area contributed by atoms with E-state index in [-0.39, 0.29) is 10.6 Å². The van der Waals surface area contributed by atoms with Crippen molar-refractivity contribution in [3.8, 4) is 0 Å². The third-order valence-electron chi connectivity index (χ3n) is 4.16. The van der Waals surface area contributed by atoms with E-state index < -0.39 is 32.5 Å². The number of carbonyl (C=O) groups excluding carboxylic acids is 1. The molecular formula is C20H19ClN4O5S2. The van der Waals surface area contributed by atoms with E-state index in [9.17, 15) is 21.6 Å². The molecule has 0 saturated carbocycles. The van der Waals surface area contributed by atoms with Crippen LogP contribution in [-0.4, -0.2) is 40.5 Å². The van der Waals surface area contributed by atoms with E-state index in [1.165, 1.54) is 60.9 Å². The minimum absolute atomic E-state index is 0.0155. The first-order chi connectivity index (χ1) is 15.0. The van der Waals surface area contributed by atoms with Gasteiger partial charge in [0.25, 0.3) is 10.0 Å². The van der Waals surface area contributed by atoms with Gasteiger partial charge in [0.1, 0.15) is 6.54 Å². The number of amides is 1. The van der Waals surface area contributed by atoms with Gasteiger partial charge in [-0.25, -0.2) is 16.8 Å². The zero-order valence-electron chi connectivity index (χ0n) is 16.8. The van der Waals surface area contributed by atoms with Crippen LogP contribution in [0.5, 0.6) is 0 Å². The van der Waals surface area contributed by atoms with Gasteiger partial charge in [0.05, 0.1) is 28.7 Å². The number of hydrogen-bond donors (Lipinski definition) is 2. The lowest BCUT2D eigenvalue weighted by atomic mass is 10.3. The maximum Gasteiger partial charge on any atom is 0.261 e. The Balaban J connectivity index is 1.70. The van der Waals surface area contributed by atoms with Crippen LogP contribution in [0.25, 0.3) is 0 Å². The predicted molar refractivity (Wildman–Crippen MR) is 124 cm³/mol. The second-order valence-electron chi connectivity index (χ2n) is 6.67. The van der Waals surface area contributed by atoms with E-state index in [2.05, 4.69) is 15.0 Å². The van der Waals surface area contributed by atoms with Crippen LogP contribution in [0, 0.1) is 0 Å². The summed E-state index contributed by atoms with van der Waals surface area (Å²) in [4.78, 5) is 16.3. The smallest absolute Gasteiger partial charge is 0.261 e.